The molecule has 1 aliphatic rings. The molecular formula is C11H19N3O. The number of aliphatic hydroxyl groups excluding tert-OH is 1. The van der Waals surface area contributed by atoms with E-state index in [-0.39, 0.29) is 0 Å². The average molecular weight is 209 g/mol. The standard InChI is InChI=1S/C11H19N3O/c1-13-6-3-9(4-7-13)10(15)11-12-5-8-14(11)2/h5,8-10,15H,3-4,6-7H2,1-2H3. The summed E-state index contributed by atoms with van der Waals surface area (Å²) < 4.78 is 1.91. The number of hydrogen-bond acceptors (Lipinski definition) is 3. The van der Waals surface area contributed by atoms with Crippen LogP contribution in [0.5, 0.6) is 0 Å². The van der Waals surface area contributed by atoms with E-state index >= 15 is 0 Å². The van der Waals surface area contributed by atoms with Crippen LogP contribution in [0, 0.1) is 5.92 Å². The summed E-state index contributed by atoms with van der Waals surface area (Å²) in [4.78, 5) is 6.52. The Kier molecular flexibility index (Phi) is 3.07. The van der Waals surface area contributed by atoms with Crippen LogP contribution in [0.3, 0.4) is 0 Å². The molecule has 15 heavy (non-hydrogen) atoms. The minimum Gasteiger partial charge on any atom is -0.385 e. The smallest absolute Gasteiger partial charge is 0.137 e. The second-order valence-electron chi connectivity index (χ2n) is 4.48. The molecule has 0 aromatic carbocycles. The topological polar surface area (TPSA) is 41.3 Å². The molecule has 1 aliphatic heterocycles. The van der Waals surface area contributed by atoms with Crippen molar-refractivity contribution in [1.29, 1.82) is 0 Å². The van der Waals surface area contributed by atoms with Crippen molar-refractivity contribution in [3.63, 3.8) is 0 Å². The molecule has 1 fully saturated rings. The number of aromatic nitrogens is 2. The van der Waals surface area contributed by atoms with E-state index in [1.807, 2.05) is 17.8 Å². The van der Waals surface area contributed by atoms with Gasteiger partial charge in [0.25, 0.3) is 0 Å². The van der Waals surface area contributed by atoms with Gasteiger partial charge >= 0.3 is 0 Å². The predicted molar refractivity (Wildman–Crippen MR) is 58.4 cm³/mol. The summed E-state index contributed by atoms with van der Waals surface area (Å²) >= 11 is 0. The minimum atomic E-state index is -0.404. The van der Waals surface area contributed by atoms with Gasteiger partial charge < -0.3 is 14.6 Å². The van der Waals surface area contributed by atoms with Gasteiger partial charge in [-0.2, -0.15) is 0 Å². The Bertz CT molecular complexity index is 315. The molecule has 0 spiro atoms. The van der Waals surface area contributed by atoms with Crippen molar-refractivity contribution in [3.8, 4) is 0 Å². The SMILES string of the molecule is CN1CCC(C(O)c2nccn2C)CC1. The number of piperidine rings is 1. The molecule has 0 saturated carbocycles. The van der Waals surface area contributed by atoms with E-state index in [9.17, 15) is 5.11 Å². The Morgan fingerprint density at radius 1 is 1.40 bits per heavy atom. The van der Waals surface area contributed by atoms with E-state index in [1.165, 1.54) is 0 Å². The monoisotopic (exact) mass is 209 g/mol. The van der Waals surface area contributed by atoms with Gasteiger partial charge in [-0.25, -0.2) is 4.98 Å². The molecule has 84 valence electrons. The number of likely N-dealkylation sites (tertiary alicyclic amines) is 1. The zero-order chi connectivity index (χ0) is 10.8. The van der Waals surface area contributed by atoms with E-state index in [0.717, 1.165) is 31.8 Å². The van der Waals surface area contributed by atoms with Crippen LogP contribution < -0.4 is 0 Å². The number of nitrogens with zero attached hydrogens (tertiary/aromatic N) is 3. The molecule has 4 nitrogen and oxygen atoms in total. The lowest BCUT2D eigenvalue weighted by atomic mass is 9.91. The first kappa shape index (κ1) is 10.6. The number of rotatable bonds is 2. The molecule has 1 atom stereocenters. The zero-order valence-electron chi connectivity index (χ0n) is 9.43. The Balaban J connectivity index is 2.02. The van der Waals surface area contributed by atoms with Crippen LogP contribution in [0.2, 0.25) is 0 Å². The molecular weight excluding hydrogens is 190 g/mol. The van der Waals surface area contributed by atoms with E-state index in [4.69, 9.17) is 0 Å². The summed E-state index contributed by atoms with van der Waals surface area (Å²) in [6.45, 7) is 2.15. The largest absolute Gasteiger partial charge is 0.385 e. The predicted octanol–water partition coefficient (Wildman–Crippen LogP) is 0.795. The van der Waals surface area contributed by atoms with E-state index in [0.29, 0.717) is 5.92 Å². The number of imidazole rings is 1. The van der Waals surface area contributed by atoms with Gasteiger partial charge in [0.05, 0.1) is 0 Å². The molecule has 0 aliphatic carbocycles. The normalized spacial score (nSPS) is 21.8. The van der Waals surface area contributed by atoms with Gasteiger partial charge in [0.15, 0.2) is 0 Å². The van der Waals surface area contributed by atoms with Crippen molar-refractivity contribution in [2.24, 2.45) is 13.0 Å². The van der Waals surface area contributed by atoms with Crippen LogP contribution in [0.4, 0.5) is 0 Å². The fourth-order valence-corrected chi connectivity index (χ4v) is 2.22. The molecule has 2 rings (SSSR count). The van der Waals surface area contributed by atoms with Crippen molar-refractivity contribution in [1.82, 2.24) is 14.5 Å². The Morgan fingerprint density at radius 3 is 2.60 bits per heavy atom. The lowest BCUT2D eigenvalue weighted by Gasteiger charge is -2.31. The second-order valence-corrected chi connectivity index (χ2v) is 4.48. The van der Waals surface area contributed by atoms with Crippen LogP contribution in [0.25, 0.3) is 0 Å². The maximum absolute atomic E-state index is 10.2. The van der Waals surface area contributed by atoms with Crippen LogP contribution in [0.15, 0.2) is 12.4 Å². The summed E-state index contributed by atoms with van der Waals surface area (Å²) in [6, 6.07) is 0. The highest BCUT2D eigenvalue weighted by Gasteiger charge is 2.26. The van der Waals surface area contributed by atoms with Gasteiger partial charge in [0, 0.05) is 19.4 Å². The van der Waals surface area contributed by atoms with Crippen molar-refractivity contribution >= 4 is 0 Å². The maximum atomic E-state index is 10.2. The third-order valence-corrected chi connectivity index (χ3v) is 3.33. The summed E-state index contributed by atoms with van der Waals surface area (Å²) in [5, 5.41) is 10.2. The fraction of sp³-hybridized carbons (Fsp3) is 0.727. The third-order valence-electron chi connectivity index (χ3n) is 3.33. The summed E-state index contributed by atoms with van der Waals surface area (Å²) in [7, 11) is 4.06. The quantitative estimate of drug-likeness (QED) is 0.783. The molecule has 4 heteroatoms. The minimum absolute atomic E-state index is 0.363. The second kappa shape index (κ2) is 4.33. The Morgan fingerprint density at radius 2 is 2.07 bits per heavy atom. The molecule has 2 heterocycles. The molecule has 1 saturated heterocycles. The van der Waals surface area contributed by atoms with Crippen LogP contribution >= 0.6 is 0 Å². The highest BCUT2D eigenvalue weighted by Crippen LogP contribution is 2.28. The molecule has 1 N–H and O–H groups in total. The summed E-state index contributed by atoms with van der Waals surface area (Å²) in [5.41, 5.74) is 0. The van der Waals surface area contributed by atoms with Gasteiger partial charge in [0.2, 0.25) is 0 Å². The first-order valence-corrected chi connectivity index (χ1v) is 5.52. The van der Waals surface area contributed by atoms with Crippen molar-refractivity contribution in [2.45, 2.75) is 18.9 Å². The molecule has 1 aromatic rings. The highest BCUT2D eigenvalue weighted by atomic mass is 16.3. The number of aryl methyl sites for hydroxylation is 1. The fourth-order valence-electron chi connectivity index (χ4n) is 2.22. The van der Waals surface area contributed by atoms with Crippen LogP contribution in [0.1, 0.15) is 24.8 Å². The highest BCUT2D eigenvalue weighted by molar-refractivity contribution is 4.98. The number of aliphatic hydroxyl groups is 1. The van der Waals surface area contributed by atoms with Crippen molar-refractivity contribution < 1.29 is 5.11 Å². The van der Waals surface area contributed by atoms with E-state index in [1.54, 1.807) is 6.20 Å². The van der Waals surface area contributed by atoms with Crippen LogP contribution in [-0.4, -0.2) is 39.7 Å². The Hall–Kier alpha value is -0.870. The summed E-state index contributed by atoms with van der Waals surface area (Å²) in [5.74, 6) is 1.16. The maximum Gasteiger partial charge on any atom is 0.137 e. The zero-order valence-corrected chi connectivity index (χ0v) is 9.43. The first-order chi connectivity index (χ1) is 7.18. The lowest BCUT2D eigenvalue weighted by Crippen LogP contribution is -2.33. The Labute approximate surface area is 90.5 Å². The molecule has 0 amide bonds. The first-order valence-electron chi connectivity index (χ1n) is 5.52. The van der Waals surface area contributed by atoms with Gasteiger partial charge in [-0.1, -0.05) is 0 Å². The van der Waals surface area contributed by atoms with Crippen molar-refractivity contribution in [2.75, 3.05) is 20.1 Å². The average Bonchev–Trinajstić information content (AvgIpc) is 2.65. The molecule has 1 aromatic heterocycles. The molecule has 1 unspecified atom stereocenters. The van der Waals surface area contributed by atoms with Gasteiger partial charge in [-0.15, -0.1) is 0 Å². The summed E-state index contributed by atoms with van der Waals surface area (Å²) in [6.07, 6.45) is 5.34. The van der Waals surface area contributed by atoms with Gasteiger partial charge in [-0.3, -0.25) is 0 Å². The van der Waals surface area contributed by atoms with Gasteiger partial charge in [-0.05, 0) is 38.9 Å². The van der Waals surface area contributed by atoms with E-state index in [2.05, 4.69) is 16.9 Å². The molecule has 0 bridgehead atoms. The lowest BCUT2D eigenvalue weighted by molar-refractivity contribution is 0.0574. The van der Waals surface area contributed by atoms with Gasteiger partial charge in [0.1, 0.15) is 11.9 Å². The van der Waals surface area contributed by atoms with Crippen LogP contribution in [-0.2, 0) is 7.05 Å². The third kappa shape index (κ3) is 2.21. The van der Waals surface area contributed by atoms with Crippen molar-refractivity contribution in [3.05, 3.63) is 18.2 Å². The molecule has 0 radical (unpaired) electrons. The van der Waals surface area contributed by atoms with E-state index < -0.39 is 6.10 Å². The number of hydrogen-bond donors (Lipinski definition) is 1.